The van der Waals surface area contributed by atoms with Gasteiger partial charge in [-0.25, -0.2) is 12.7 Å². The molecule has 6 nitrogen and oxygen atoms in total. The molecule has 0 saturated heterocycles. The Hall–Kier alpha value is -0.660. The molecule has 0 aromatic rings. The minimum Gasteiger partial charge on any atom is -0.465 e. The van der Waals surface area contributed by atoms with Gasteiger partial charge >= 0.3 is 5.97 Å². The fourth-order valence-corrected chi connectivity index (χ4v) is 2.23. The third-order valence-corrected chi connectivity index (χ3v) is 3.94. The standard InChI is InChI=1S/C10H21NO5S/c1-3-16-10(13)9-17(14,15)11(2)7-5-4-6-8-12/h12H,3-9H2,1-2H3. The van der Waals surface area contributed by atoms with E-state index in [-0.39, 0.29) is 13.2 Å². The molecule has 0 saturated carbocycles. The lowest BCUT2D eigenvalue weighted by Crippen LogP contribution is -2.33. The second-order valence-corrected chi connectivity index (χ2v) is 5.74. The van der Waals surface area contributed by atoms with Crippen molar-refractivity contribution in [1.82, 2.24) is 4.31 Å². The minimum absolute atomic E-state index is 0.110. The summed E-state index contributed by atoms with van der Waals surface area (Å²) in [5.74, 6) is -1.34. The van der Waals surface area contributed by atoms with Gasteiger partial charge in [-0.3, -0.25) is 4.79 Å². The van der Waals surface area contributed by atoms with Gasteiger partial charge in [0.1, 0.15) is 0 Å². The van der Waals surface area contributed by atoms with Crippen LogP contribution in [0.2, 0.25) is 0 Å². The molecule has 7 heteroatoms. The van der Waals surface area contributed by atoms with Crippen LogP contribution in [-0.4, -0.2) is 56.4 Å². The van der Waals surface area contributed by atoms with Crippen molar-refractivity contribution in [2.75, 3.05) is 32.6 Å². The second-order valence-electron chi connectivity index (χ2n) is 3.67. The molecule has 0 aliphatic carbocycles. The topological polar surface area (TPSA) is 83.9 Å². The quantitative estimate of drug-likeness (QED) is 0.468. The van der Waals surface area contributed by atoms with Gasteiger partial charge in [-0.05, 0) is 26.2 Å². The molecule has 0 fully saturated rings. The van der Waals surface area contributed by atoms with E-state index in [0.29, 0.717) is 19.4 Å². The summed E-state index contributed by atoms with van der Waals surface area (Å²) in [4.78, 5) is 11.1. The Morgan fingerprint density at radius 1 is 1.29 bits per heavy atom. The summed E-state index contributed by atoms with van der Waals surface area (Å²) in [5.41, 5.74) is 0. The predicted octanol–water partition coefficient (Wildman–Crippen LogP) is -0.0263. The number of hydrogen-bond donors (Lipinski definition) is 1. The van der Waals surface area contributed by atoms with Crippen LogP contribution in [0.1, 0.15) is 26.2 Å². The maximum absolute atomic E-state index is 11.7. The van der Waals surface area contributed by atoms with Gasteiger partial charge in [0.2, 0.25) is 10.0 Å². The molecule has 0 unspecified atom stereocenters. The highest BCUT2D eigenvalue weighted by Gasteiger charge is 2.22. The van der Waals surface area contributed by atoms with E-state index >= 15 is 0 Å². The number of hydrogen-bond acceptors (Lipinski definition) is 5. The van der Waals surface area contributed by atoms with E-state index in [1.54, 1.807) is 6.92 Å². The Kier molecular flexibility index (Phi) is 8.11. The van der Waals surface area contributed by atoms with Crippen LogP contribution in [0.5, 0.6) is 0 Å². The normalized spacial score (nSPS) is 11.8. The first kappa shape index (κ1) is 16.3. The highest BCUT2D eigenvalue weighted by Crippen LogP contribution is 2.03. The number of ether oxygens (including phenoxy) is 1. The number of nitrogens with zero attached hydrogens (tertiary/aromatic N) is 1. The maximum atomic E-state index is 11.7. The first-order valence-corrected chi connectivity index (χ1v) is 7.25. The van der Waals surface area contributed by atoms with Crippen LogP contribution in [-0.2, 0) is 19.6 Å². The maximum Gasteiger partial charge on any atom is 0.322 e. The summed E-state index contributed by atoms with van der Waals surface area (Å²) in [7, 11) is -2.13. The molecule has 0 aliphatic heterocycles. The first-order valence-electron chi connectivity index (χ1n) is 5.64. The van der Waals surface area contributed by atoms with Crippen molar-refractivity contribution in [2.24, 2.45) is 0 Å². The van der Waals surface area contributed by atoms with E-state index in [1.165, 1.54) is 7.05 Å². The molecule has 0 aromatic carbocycles. The van der Waals surface area contributed by atoms with Crippen LogP contribution in [0.25, 0.3) is 0 Å². The summed E-state index contributed by atoms with van der Waals surface area (Å²) in [5, 5.41) is 8.58. The lowest BCUT2D eigenvalue weighted by Gasteiger charge is -2.16. The molecule has 0 bridgehead atoms. The largest absolute Gasteiger partial charge is 0.465 e. The Morgan fingerprint density at radius 3 is 2.47 bits per heavy atom. The number of aliphatic hydroxyl groups is 1. The first-order chi connectivity index (χ1) is 7.94. The van der Waals surface area contributed by atoms with Crippen LogP contribution in [0.3, 0.4) is 0 Å². The molecular formula is C10H21NO5S. The van der Waals surface area contributed by atoms with Gasteiger partial charge in [-0.1, -0.05) is 0 Å². The molecule has 0 radical (unpaired) electrons. The molecule has 0 heterocycles. The number of sulfonamides is 1. The van der Waals surface area contributed by atoms with Crippen molar-refractivity contribution in [1.29, 1.82) is 0 Å². The molecule has 0 atom stereocenters. The lowest BCUT2D eigenvalue weighted by atomic mass is 10.2. The zero-order valence-electron chi connectivity index (χ0n) is 10.4. The van der Waals surface area contributed by atoms with Crippen molar-refractivity contribution < 1.29 is 23.1 Å². The van der Waals surface area contributed by atoms with E-state index in [4.69, 9.17) is 5.11 Å². The van der Waals surface area contributed by atoms with Gasteiger partial charge in [-0.15, -0.1) is 0 Å². The number of unbranched alkanes of at least 4 members (excludes halogenated alkanes) is 2. The molecular weight excluding hydrogens is 246 g/mol. The second kappa shape index (κ2) is 8.43. The van der Waals surface area contributed by atoms with Crippen molar-refractivity contribution in [2.45, 2.75) is 26.2 Å². The van der Waals surface area contributed by atoms with Crippen LogP contribution in [0, 0.1) is 0 Å². The van der Waals surface area contributed by atoms with Crippen LogP contribution in [0.15, 0.2) is 0 Å². The Bertz CT molecular complexity index is 315. The number of esters is 1. The van der Waals surface area contributed by atoms with Crippen LogP contribution < -0.4 is 0 Å². The highest BCUT2D eigenvalue weighted by atomic mass is 32.2. The molecule has 0 aromatic heterocycles. The third-order valence-electron chi connectivity index (χ3n) is 2.21. The van der Waals surface area contributed by atoms with E-state index in [2.05, 4.69) is 4.74 Å². The van der Waals surface area contributed by atoms with Gasteiger partial charge in [0.05, 0.1) is 6.61 Å². The average molecular weight is 267 g/mol. The van der Waals surface area contributed by atoms with Crippen molar-refractivity contribution in [3.63, 3.8) is 0 Å². The monoisotopic (exact) mass is 267 g/mol. The fourth-order valence-electron chi connectivity index (χ4n) is 1.22. The predicted molar refractivity (Wildman–Crippen MR) is 64.0 cm³/mol. The van der Waals surface area contributed by atoms with E-state index < -0.39 is 21.7 Å². The lowest BCUT2D eigenvalue weighted by molar-refractivity contribution is -0.140. The number of aliphatic hydroxyl groups excluding tert-OH is 1. The summed E-state index contributed by atoms with van der Waals surface area (Å²) in [6.07, 6.45) is 2.08. The van der Waals surface area contributed by atoms with Crippen molar-refractivity contribution in [3.05, 3.63) is 0 Å². The van der Waals surface area contributed by atoms with Crippen LogP contribution in [0.4, 0.5) is 0 Å². The van der Waals surface area contributed by atoms with Crippen LogP contribution >= 0.6 is 0 Å². The van der Waals surface area contributed by atoms with E-state index in [0.717, 1.165) is 10.7 Å². The number of rotatable bonds is 9. The minimum atomic E-state index is -3.57. The molecule has 17 heavy (non-hydrogen) atoms. The van der Waals surface area contributed by atoms with Gasteiger partial charge in [0.15, 0.2) is 5.75 Å². The van der Waals surface area contributed by atoms with Crippen molar-refractivity contribution in [3.8, 4) is 0 Å². The molecule has 0 aliphatic rings. The molecule has 0 spiro atoms. The van der Waals surface area contributed by atoms with Crippen molar-refractivity contribution >= 4 is 16.0 Å². The number of carbonyl (C=O) groups is 1. The third kappa shape index (κ3) is 7.30. The summed E-state index contributed by atoms with van der Waals surface area (Å²) < 4.78 is 29.1. The Labute approximate surface area is 103 Å². The molecule has 0 rings (SSSR count). The molecule has 0 amide bonds. The Balaban J connectivity index is 4.07. The Morgan fingerprint density at radius 2 is 1.94 bits per heavy atom. The van der Waals surface area contributed by atoms with Gasteiger partial charge in [0, 0.05) is 20.2 Å². The summed E-state index contributed by atoms with van der Waals surface area (Å²) >= 11 is 0. The SMILES string of the molecule is CCOC(=O)CS(=O)(=O)N(C)CCCCCO. The highest BCUT2D eigenvalue weighted by molar-refractivity contribution is 7.89. The molecule has 1 N–H and O–H groups in total. The molecule has 102 valence electrons. The number of carbonyl (C=O) groups excluding carboxylic acids is 1. The van der Waals surface area contributed by atoms with E-state index in [9.17, 15) is 13.2 Å². The van der Waals surface area contributed by atoms with E-state index in [1.807, 2.05) is 0 Å². The average Bonchev–Trinajstić information content (AvgIpc) is 2.23. The summed E-state index contributed by atoms with van der Waals surface area (Å²) in [6.45, 7) is 2.26. The summed E-state index contributed by atoms with van der Waals surface area (Å²) in [6, 6.07) is 0. The zero-order chi connectivity index (χ0) is 13.3. The van der Waals surface area contributed by atoms with Gasteiger partial charge < -0.3 is 9.84 Å². The van der Waals surface area contributed by atoms with Gasteiger partial charge in [0.25, 0.3) is 0 Å². The smallest absolute Gasteiger partial charge is 0.322 e. The van der Waals surface area contributed by atoms with Gasteiger partial charge in [-0.2, -0.15) is 0 Å². The zero-order valence-corrected chi connectivity index (χ0v) is 11.2. The fraction of sp³-hybridized carbons (Fsp3) is 0.900.